The number of carbonyl (C=O) groups is 1. The molecule has 40 heavy (non-hydrogen) atoms. The van der Waals surface area contributed by atoms with Gasteiger partial charge < -0.3 is 19.5 Å². The Morgan fingerprint density at radius 1 is 1.12 bits per heavy atom. The minimum atomic E-state index is -2.10. The highest BCUT2D eigenvalue weighted by molar-refractivity contribution is 6.74. The first-order valence-corrected chi connectivity index (χ1v) is 16.9. The summed E-state index contributed by atoms with van der Waals surface area (Å²) in [6.45, 7) is 19.6. The Kier molecular flexibility index (Phi) is 9.28. The Labute approximate surface area is 242 Å². The predicted octanol–water partition coefficient (Wildman–Crippen LogP) is 7.75. The van der Waals surface area contributed by atoms with Crippen molar-refractivity contribution in [3.63, 3.8) is 0 Å². The maximum Gasteiger partial charge on any atom is 0.343 e. The van der Waals surface area contributed by atoms with E-state index in [2.05, 4.69) is 54.6 Å². The molecule has 0 aliphatic heterocycles. The highest BCUT2D eigenvalue weighted by Gasteiger charge is 2.39. The van der Waals surface area contributed by atoms with Crippen molar-refractivity contribution in [1.29, 1.82) is 0 Å². The smallest absolute Gasteiger partial charge is 0.343 e. The van der Waals surface area contributed by atoms with Crippen LogP contribution in [0.4, 0.5) is 10.1 Å². The van der Waals surface area contributed by atoms with E-state index < -0.39 is 25.5 Å². The minimum absolute atomic E-state index is 0.0189. The molecule has 9 heteroatoms. The summed E-state index contributed by atoms with van der Waals surface area (Å²) in [5.41, 5.74) is 7.14. The van der Waals surface area contributed by atoms with Crippen molar-refractivity contribution in [2.24, 2.45) is 5.41 Å². The Morgan fingerprint density at radius 3 is 2.35 bits per heavy atom. The number of fused-ring (bicyclic) bond motifs is 1. The van der Waals surface area contributed by atoms with E-state index in [1.807, 2.05) is 16.7 Å². The summed E-state index contributed by atoms with van der Waals surface area (Å²) in [5, 5.41) is 0.308. The second kappa shape index (κ2) is 11.7. The molecule has 6 nitrogen and oxygen atoms in total. The first kappa shape index (κ1) is 31.8. The third kappa shape index (κ3) is 6.78. The number of nitrogen functional groups attached to an aromatic ring is 1. The van der Waals surface area contributed by atoms with Crippen molar-refractivity contribution in [3.05, 3.63) is 74.3 Å². The molecule has 0 unspecified atom stereocenters. The van der Waals surface area contributed by atoms with E-state index in [1.54, 1.807) is 19.2 Å². The van der Waals surface area contributed by atoms with Crippen LogP contribution in [0.2, 0.25) is 23.2 Å². The van der Waals surface area contributed by atoms with Crippen LogP contribution >= 0.6 is 11.6 Å². The number of nitrogens with two attached hydrogens (primary N) is 1. The molecule has 1 atom stereocenters. The average Bonchev–Trinajstić information content (AvgIpc) is 2.82. The van der Waals surface area contributed by atoms with Crippen LogP contribution in [0.5, 0.6) is 0 Å². The number of halogens is 2. The van der Waals surface area contributed by atoms with Crippen molar-refractivity contribution in [1.82, 2.24) is 4.57 Å². The molecule has 0 spiro atoms. The molecule has 0 radical (unpaired) electrons. The third-order valence-electron chi connectivity index (χ3n) is 7.86. The summed E-state index contributed by atoms with van der Waals surface area (Å²) in [7, 11) is -2.10. The molecule has 2 aromatic carbocycles. The van der Waals surface area contributed by atoms with E-state index in [9.17, 15) is 14.0 Å². The van der Waals surface area contributed by atoms with Gasteiger partial charge in [-0.15, -0.1) is 0 Å². The number of nitrogens with zero attached hydrogens (tertiary/aromatic N) is 1. The zero-order chi connectivity index (χ0) is 30.2. The monoisotopic (exact) mass is 588 g/mol. The number of rotatable bonds is 8. The highest BCUT2D eigenvalue weighted by atomic mass is 35.5. The molecule has 1 heterocycles. The van der Waals surface area contributed by atoms with E-state index in [0.29, 0.717) is 34.3 Å². The average molecular weight is 589 g/mol. The summed E-state index contributed by atoms with van der Waals surface area (Å²) in [4.78, 5) is 26.6. The van der Waals surface area contributed by atoms with Gasteiger partial charge in [0.25, 0.3) is 0 Å². The standard InChI is InChI=1S/C31H42ClFN2O4Si/c1-10-38-29(37)23-17-35(26(30(2,3)4)18-39-40(8,9)31(5,6)7)25-12-11-19(14-22(25)28(23)36)13-20-15-21(34)16-24(32)27(20)33/h11-12,14-17,26H,10,13,18,34H2,1-9H3/t26-/m1/s1. The summed E-state index contributed by atoms with van der Waals surface area (Å²) >= 11 is 6.01. The van der Waals surface area contributed by atoms with Gasteiger partial charge in [0.1, 0.15) is 11.4 Å². The summed E-state index contributed by atoms with van der Waals surface area (Å²) in [5.74, 6) is -1.23. The Balaban J connectivity index is 2.23. The fraction of sp³-hybridized carbons (Fsp3) is 0.484. The second-order valence-electron chi connectivity index (χ2n) is 13.0. The number of esters is 1. The normalized spacial score (nSPS) is 13.5. The number of anilines is 1. The van der Waals surface area contributed by atoms with Gasteiger partial charge in [-0.25, -0.2) is 9.18 Å². The number of ether oxygens (including phenoxy) is 1. The molecular weight excluding hydrogens is 547 g/mol. The minimum Gasteiger partial charge on any atom is -0.462 e. The number of hydrogen-bond acceptors (Lipinski definition) is 5. The van der Waals surface area contributed by atoms with Gasteiger partial charge >= 0.3 is 5.97 Å². The molecule has 3 aromatic rings. The lowest BCUT2D eigenvalue weighted by Gasteiger charge is -2.40. The molecule has 2 N–H and O–H groups in total. The van der Waals surface area contributed by atoms with E-state index in [0.717, 1.165) is 0 Å². The van der Waals surface area contributed by atoms with Gasteiger partial charge in [-0.3, -0.25) is 4.79 Å². The Hall–Kier alpha value is -2.68. The molecular formula is C31H42ClFN2O4Si. The van der Waals surface area contributed by atoms with Gasteiger partial charge in [-0.2, -0.15) is 0 Å². The summed E-state index contributed by atoms with van der Waals surface area (Å²) in [6, 6.07) is 8.11. The maximum absolute atomic E-state index is 14.8. The summed E-state index contributed by atoms with van der Waals surface area (Å²) in [6.07, 6.45) is 1.78. The van der Waals surface area contributed by atoms with E-state index in [4.69, 9.17) is 26.5 Å². The zero-order valence-electron chi connectivity index (χ0n) is 25.1. The van der Waals surface area contributed by atoms with E-state index >= 15 is 0 Å². The van der Waals surface area contributed by atoms with Crippen LogP contribution in [0.15, 0.2) is 41.3 Å². The van der Waals surface area contributed by atoms with Gasteiger partial charge in [0.15, 0.2) is 8.32 Å². The van der Waals surface area contributed by atoms with Gasteiger partial charge in [0.2, 0.25) is 5.43 Å². The molecule has 0 bridgehead atoms. The molecule has 0 saturated heterocycles. The zero-order valence-corrected chi connectivity index (χ0v) is 26.8. The molecule has 3 rings (SSSR count). The first-order valence-electron chi connectivity index (χ1n) is 13.6. The third-order valence-corrected chi connectivity index (χ3v) is 12.6. The van der Waals surface area contributed by atoms with Crippen molar-refractivity contribution in [3.8, 4) is 0 Å². The molecule has 0 aliphatic rings. The molecule has 0 aliphatic carbocycles. The van der Waals surface area contributed by atoms with Crippen LogP contribution < -0.4 is 11.2 Å². The van der Waals surface area contributed by atoms with Crippen LogP contribution in [-0.4, -0.2) is 32.1 Å². The predicted molar refractivity (Wildman–Crippen MR) is 164 cm³/mol. The topological polar surface area (TPSA) is 83.6 Å². The molecule has 0 fully saturated rings. The molecule has 218 valence electrons. The van der Waals surface area contributed by atoms with Gasteiger partial charge in [0, 0.05) is 23.7 Å². The maximum atomic E-state index is 14.8. The fourth-order valence-corrected chi connectivity index (χ4v) is 5.65. The number of benzene rings is 2. The quantitative estimate of drug-likeness (QED) is 0.165. The van der Waals surface area contributed by atoms with Crippen LogP contribution in [0.1, 0.15) is 76.0 Å². The number of aromatic nitrogens is 1. The lowest BCUT2D eigenvalue weighted by molar-refractivity contribution is 0.0522. The van der Waals surface area contributed by atoms with Crippen LogP contribution in [0.25, 0.3) is 10.9 Å². The van der Waals surface area contributed by atoms with E-state index in [1.165, 1.54) is 12.1 Å². The van der Waals surface area contributed by atoms with Gasteiger partial charge in [-0.05, 0) is 65.9 Å². The van der Waals surface area contributed by atoms with Crippen molar-refractivity contribution in [2.45, 2.75) is 79.1 Å². The summed E-state index contributed by atoms with van der Waals surface area (Å²) < 4.78 is 28.6. The number of hydrogen-bond donors (Lipinski definition) is 1. The molecule has 0 saturated carbocycles. The van der Waals surface area contributed by atoms with Crippen molar-refractivity contribution >= 4 is 42.5 Å². The van der Waals surface area contributed by atoms with Crippen molar-refractivity contribution in [2.75, 3.05) is 18.9 Å². The second-order valence-corrected chi connectivity index (χ2v) is 18.2. The fourth-order valence-electron chi connectivity index (χ4n) is 4.39. The van der Waals surface area contributed by atoms with Crippen LogP contribution in [-0.2, 0) is 15.6 Å². The van der Waals surface area contributed by atoms with E-state index in [-0.39, 0.29) is 40.1 Å². The van der Waals surface area contributed by atoms with Gasteiger partial charge in [0.05, 0.1) is 29.8 Å². The highest BCUT2D eigenvalue weighted by Crippen LogP contribution is 2.40. The Morgan fingerprint density at radius 2 is 1.77 bits per heavy atom. The molecule has 0 amide bonds. The number of carbonyl (C=O) groups excluding carboxylic acids is 1. The largest absolute Gasteiger partial charge is 0.462 e. The first-order chi connectivity index (χ1) is 18.4. The van der Waals surface area contributed by atoms with Gasteiger partial charge in [-0.1, -0.05) is 59.2 Å². The van der Waals surface area contributed by atoms with Crippen molar-refractivity contribution < 1.29 is 18.3 Å². The molecule has 1 aromatic heterocycles. The van der Waals surface area contributed by atoms with Crippen LogP contribution in [0.3, 0.4) is 0 Å². The SMILES string of the molecule is CCOC(=O)c1cn([C@H](CO[Si](C)(C)C(C)(C)C)C(C)(C)C)c2ccc(Cc3cc(N)cc(Cl)c3F)cc2c1=O. The lowest BCUT2D eigenvalue weighted by Crippen LogP contribution is -2.43. The lowest BCUT2D eigenvalue weighted by atomic mass is 9.86. The van der Waals surface area contributed by atoms with Crippen LogP contribution in [0, 0.1) is 11.2 Å². The number of pyridine rings is 1. The Bertz CT molecular complexity index is 1470.